The van der Waals surface area contributed by atoms with Crippen LogP contribution in [-0.2, 0) is 10.9 Å². The number of aromatic nitrogens is 2. The van der Waals surface area contributed by atoms with Crippen molar-refractivity contribution in [3.63, 3.8) is 0 Å². The molecule has 0 saturated carbocycles. The highest BCUT2D eigenvalue weighted by Gasteiger charge is 2.50. The largest absolute Gasteiger partial charge is 0.461 e. The van der Waals surface area contributed by atoms with Gasteiger partial charge in [0.25, 0.3) is 0 Å². The zero-order chi connectivity index (χ0) is 35.9. The number of halogens is 7. The van der Waals surface area contributed by atoms with Crippen molar-refractivity contribution in [2.45, 2.75) is 88.4 Å². The molecule has 2 aromatic carbocycles. The van der Waals surface area contributed by atoms with Gasteiger partial charge in [-0.05, 0) is 71.2 Å². The van der Waals surface area contributed by atoms with Crippen LogP contribution >= 0.6 is 23.2 Å². The molecule has 4 atom stereocenters. The van der Waals surface area contributed by atoms with Gasteiger partial charge in [-0.2, -0.15) is 23.1 Å². The smallest absolute Gasteiger partial charge is 0.418 e. The number of nitrogens with two attached hydrogens (primary N) is 1. The predicted molar refractivity (Wildman–Crippen MR) is 180 cm³/mol. The number of hydrogen-bond acceptors (Lipinski definition) is 8. The Morgan fingerprint density at radius 1 is 1.06 bits per heavy atom. The maximum atomic E-state index is 16.8. The van der Waals surface area contributed by atoms with E-state index in [0.29, 0.717) is 38.9 Å². The first kappa shape index (κ1) is 35.1. The number of piperazine rings is 1. The van der Waals surface area contributed by atoms with E-state index in [1.165, 1.54) is 6.07 Å². The molecule has 4 aliphatic rings. The van der Waals surface area contributed by atoms with Crippen LogP contribution in [0.2, 0.25) is 10.0 Å². The van der Waals surface area contributed by atoms with Gasteiger partial charge in [0.1, 0.15) is 29.7 Å². The number of hydrogen-bond donors (Lipinski definition) is 1. The summed E-state index contributed by atoms with van der Waals surface area (Å²) in [6, 6.07) is 2.54. The number of ether oxygens (including phenoxy) is 2. The van der Waals surface area contributed by atoms with Gasteiger partial charge in [0.15, 0.2) is 5.82 Å². The number of nitrogens with zero attached hydrogens (tertiary/aromatic N) is 5. The van der Waals surface area contributed by atoms with Gasteiger partial charge < -0.3 is 20.1 Å². The summed E-state index contributed by atoms with van der Waals surface area (Å²) in [6.45, 7) is 7.06. The molecule has 3 aromatic rings. The third kappa shape index (κ3) is 6.25. The number of nitrogen functional groups attached to an aromatic ring is 1. The molecule has 9 nitrogen and oxygen atoms in total. The second-order valence-electron chi connectivity index (χ2n) is 14.7. The molecule has 4 aliphatic heterocycles. The fourth-order valence-corrected chi connectivity index (χ4v) is 8.79. The SMILES string of the molecule is CC(C)(C)OC(=O)N1C2CCC1CN(c1nc(OC[C@@]34CCCN3C[C@H](F)C4)nc3c(F)c(-c4cc(N)cc(Cl)c4C(F)(F)F)c(Cl)cc13)C2. The molecule has 4 saturated heterocycles. The summed E-state index contributed by atoms with van der Waals surface area (Å²) in [6.07, 6.45) is -3.17. The number of benzene rings is 2. The van der Waals surface area contributed by atoms with Crippen molar-refractivity contribution in [1.29, 1.82) is 0 Å². The summed E-state index contributed by atoms with van der Waals surface area (Å²) in [5.74, 6) is -0.899. The lowest BCUT2D eigenvalue weighted by Crippen LogP contribution is -2.57. The molecule has 0 spiro atoms. The summed E-state index contributed by atoms with van der Waals surface area (Å²) in [7, 11) is 0. The molecule has 50 heavy (non-hydrogen) atoms. The molecule has 5 heterocycles. The molecule has 16 heteroatoms. The second kappa shape index (κ2) is 12.4. The fourth-order valence-electron chi connectivity index (χ4n) is 8.16. The zero-order valence-corrected chi connectivity index (χ0v) is 29.2. The predicted octanol–water partition coefficient (Wildman–Crippen LogP) is 7.89. The Balaban J connectivity index is 1.33. The molecule has 2 bridgehead atoms. The summed E-state index contributed by atoms with van der Waals surface area (Å²) >= 11 is 12.6. The monoisotopic (exact) mass is 742 g/mol. The van der Waals surface area contributed by atoms with Crippen LogP contribution in [-0.4, -0.2) is 88.0 Å². The number of rotatable bonds is 5. The molecular weight excluding hydrogens is 706 g/mol. The lowest BCUT2D eigenvalue weighted by molar-refractivity contribution is -0.137. The minimum atomic E-state index is -4.97. The Hall–Kier alpha value is -3.36. The third-order valence-corrected chi connectivity index (χ3v) is 10.7. The minimum Gasteiger partial charge on any atom is -0.461 e. The molecule has 7 rings (SSSR count). The Labute approximate surface area is 295 Å². The van der Waals surface area contributed by atoms with Gasteiger partial charge in [0.2, 0.25) is 0 Å². The van der Waals surface area contributed by atoms with E-state index in [4.69, 9.17) is 43.4 Å². The van der Waals surface area contributed by atoms with Gasteiger partial charge in [0, 0.05) is 48.3 Å². The van der Waals surface area contributed by atoms with Gasteiger partial charge in [-0.15, -0.1) is 0 Å². The van der Waals surface area contributed by atoms with Crippen molar-refractivity contribution in [2.75, 3.05) is 43.4 Å². The fraction of sp³-hybridized carbons (Fsp3) is 0.559. The molecule has 270 valence electrons. The van der Waals surface area contributed by atoms with Crippen LogP contribution in [0.15, 0.2) is 18.2 Å². The third-order valence-electron chi connectivity index (χ3n) is 10.1. The van der Waals surface area contributed by atoms with E-state index in [2.05, 4.69) is 4.98 Å². The molecule has 1 amide bonds. The lowest BCUT2D eigenvalue weighted by atomic mass is 9.95. The van der Waals surface area contributed by atoms with E-state index in [0.717, 1.165) is 25.1 Å². The van der Waals surface area contributed by atoms with Crippen molar-refractivity contribution in [1.82, 2.24) is 19.8 Å². The summed E-state index contributed by atoms with van der Waals surface area (Å²) < 4.78 is 86.1. The van der Waals surface area contributed by atoms with E-state index in [-0.39, 0.29) is 58.6 Å². The first-order chi connectivity index (χ1) is 23.4. The van der Waals surface area contributed by atoms with Crippen LogP contribution in [0.3, 0.4) is 0 Å². The average molecular weight is 744 g/mol. The summed E-state index contributed by atoms with van der Waals surface area (Å²) in [5, 5.41) is -0.906. The number of alkyl halides is 4. The molecule has 2 N–H and O–H groups in total. The zero-order valence-electron chi connectivity index (χ0n) is 27.7. The Morgan fingerprint density at radius 2 is 1.76 bits per heavy atom. The van der Waals surface area contributed by atoms with Crippen molar-refractivity contribution >= 4 is 51.7 Å². The van der Waals surface area contributed by atoms with Gasteiger partial charge in [-0.1, -0.05) is 23.2 Å². The van der Waals surface area contributed by atoms with E-state index >= 15 is 4.39 Å². The molecule has 0 radical (unpaired) electrons. The van der Waals surface area contributed by atoms with Crippen molar-refractivity contribution in [3.8, 4) is 17.1 Å². The van der Waals surface area contributed by atoms with Gasteiger partial charge in [0.05, 0.1) is 33.2 Å². The van der Waals surface area contributed by atoms with E-state index in [1.54, 1.807) is 25.7 Å². The molecule has 4 fully saturated rings. The minimum absolute atomic E-state index is 0.0428. The molecule has 1 aromatic heterocycles. The number of carbonyl (C=O) groups excluding carboxylic acids is 1. The van der Waals surface area contributed by atoms with Crippen molar-refractivity contribution in [2.24, 2.45) is 0 Å². The highest BCUT2D eigenvalue weighted by Crippen LogP contribution is 2.48. The quantitative estimate of drug-likeness (QED) is 0.208. The molecule has 2 unspecified atom stereocenters. The van der Waals surface area contributed by atoms with E-state index in [1.807, 2.05) is 9.80 Å². The van der Waals surface area contributed by atoms with Gasteiger partial charge in [-0.3, -0.25) is 9.80 Å². The van der Waals surface area contributed by atoms with E-state index < -0.39 is 57.1 Å². The standard InChI is InChI=1S/C34H37Cl2F5N6O3/c1-32(2,3)50-31(48)47-19-5-6-20(47)15-45(14-19)29-22-11-23(35)25(21-9-18(42)10-24(36)26(21)34(39,40)41)27(38)28(22)43-30(44-29)49-16-33-7-4-8-46(33)13-17(37)12-33/h9-11,17,19-20H,4-8,12-16,42H2,1-3H3/t17-,19?,20?,33+/m1/s1. The normalized spacial score (nSPS) is 25.4. The van der Waals surface area contributed by atoms with Crippen LogP contribution in [0.25, 0.3) is 22.0 Å². The highest BCUT2D eigenvalue weighted by molar-refractivity contribution is 6.35. The van der Waals surface area contributed by atoms with Crippen LogP contribution in [0, 0.1) is 5.82 Å². The number of carbonyl (C=O) groups is 1. The topological polar surface area (TPSA) is 97.0 Å². The first-order valence-corrected chi connectivity index (χ1v) is 17.3. The van der Waals surface area contributed by atoms with E-state index in [9.17, 15) is 22.4 Å². The lowest BCUT2D eigenvalue weighted by Gasteiger charge is -2.42. The number of anilines is 2. The van der Waals surface area contributed by atoms with Crippen LogP contribution < -0.4 is 15.4 Å². The van der Waals surface area contributed by atoms with Gasteiger partial charge >= 0.3 is 18.3 Å². The Bertz CT molecular complexity index is 1840. The first-order valence-electron chi connectivity index (χ1n) is 16.6. The second-order valence-corrected chi connectivity index (χ2v) is 15.6. The molecule has 0 aliphatic carbocycles. The maximum absolute atomic E-state index is 16.8. The van der Waals surface area contributed by atoms with Crippen LogP contribution in [0.1, 0.15) is 58.4 Å². The Kier molecular flexibility index (Phi) is 8.70. The maximum Gasteiger partial charge on any atom is 0.418 e. The van der Waals surface area contributed by atoms with Gasteiger partial charge in [-0.25, -0.2) is 13.6 Å². The van der Waals surface area contributed by atoms with Crippen LogP contribution in [0.5, 0.6) is 6.01 Å². The van der Waals surface area contributed by atoms with Crippen LogP contribution in [0.4, 0.5) is 38.3 Å². The molecular formula is C34H37Cl2F5N6O3. The Morgan fingerprint density at radius 3 is 2.42 bits per heavy atom. The number of amides is 1. The highest BCUT2D eigenvalue weighted by atomic mass is 35.5. The van der Waals surface area contributed by atoms with Crippen molar-refractivity contribution < 1.29 is 36.2 Å². The average Bonchev–Trinajstić information content (AvgIpc) is 3.61. The summed E-state index contributed by atoms with van der Waals surface area (Å²) in [5.41, 5.74) is 1.66. The van der Waals surface area contributed by atoms with Crippen molar-refractivity contribution in [3.05, 3.63) is 39.6 Å². The number of fused-ring (bicyclic) bond motifs is 4. The summed E-state index contributed by atoms with van der Waals surface area (Å²) in [4.78, 5) is 27.9.